The summed E-state index contributed by atoms with van der Waals surface area (Å²) in [4.78, 5) is 12.4. The number of rotatable bonds is 6. The fourth-order valence-corrected chi connectivity index (χ4v) is 2.89. The van der Waals surface area contributed by atoms with Gasteiger partial charge in [0.25, 0.3) is 5.91 Å². The number of benzene rings is 2. The number of sulfone groups is 1. The lowest BCUT2D eigenvalue weighted by Gasteiger charge is -2.14. The van der Waals surface area contributed by atoms with Crippen LogP contribution in [-0.4, -0.2) is 26.6 Å². The van der Waals surface area contributed by atoms with E-state index in [2.05, 4.69) is 17.4 Å². The fourth-order valence-electron chi connectivity index (χ4n) is 2.26. The highest BCUT2D eigenvalue weighted by Crippen LogP contribution is 2.11. The molecule has 0 heterocycles. The van der Waals surface area contributed by atoms with Gasteiger partial charge in [0.15, 0.2) is 9.84 Å². The Kier molecular flexibility index (Phi) is 5.55. The highest BCUT2D eigenvalue weighted by molar-refractivity contribution is 7.90. The second-order valence-electron chi connectivity index (χ2n) is 5.70. The second-order valence-corrected chi connectivity index (χ2v) is 7.71. The van der Waals surface area contributed by atoms with Crippen molar-refractivity contribution in [3.05, 3.63) is 65.7 Å². The van der Waals surface area contributed by atoms with Crippen molar-refractivity contribution in [1.29, 1.82) is 0 Å². The number of carbonyl (C=O) groups is 1. The Morgan fingerprint density at radius 3 is 2.22 bits per heavy atom. The van der Waals surface area contributed by atoms with Crippen LogP contribution in [0.1, 0.15) is 29.3 Å². The first-order chi connectivity index (χ1) is 10.9. The van der Waals surface area contributed by atoms with E-state index in [4.69, 9.17) is 0 Å². The molecular weight excluding hydrogens is 310 g/mol. The summed E-state index contributed by atoms with van der Waals surface area (Å²) < 4.78 is 22.8. The molecule has 1 unspecified atom stereocenters. The summed E-state index contributed by atoms with van der Waals surface area (Å²) in [5.74, 6) is -0.189. The molecule has 2 aromatic carbocycles. The van der Waals surface area contributed by atoms with Crippen LogP contribution in [0.5, 0.6) is 0 Å². The van der Waals surface area contributed by atoms with Crippen molar-refractivity contribution >= 4 is 15.7 Å². The average molecular weight is 331 g/mol. The number of hydrogen-bond acceptors (Lipinski definition) is 3. The van der Waals surface area contributed by atoms with E-state index in [0.29, 0.717) is 5.56 Å². The molecule has 4 nitrogen and oxygen atoms in total. The van der Waals surface area contributed by atoms with Crippen molar-refractivity contribution in [3.63, 3.8) is 0 Å². The molecule has 0 aliphatic rings. The van der Waals surface area contributed by atoms with E-state index in [1.807, 2.05) is 25.1 Å². The van der Waals surface area contributed by atoms with Gasteiger partial charge < -0.3 is 5.32 Å². The molecule has 2 aromatic rings. The molecule has 0 fully saturated rings. The van der Waals surface area contributed by atoms with Crippen LogP contribution >= 0.6 is 0 Å². The van der Waals surface area contributed by atoms with Crippen molar-refractivity contribution < 1.29 is 13.2 Å². The van der Waals surface area contributed by atoms with Gasteiger partial charge in [-0.15, -0.1) is 0 Å². The maximum absolute atomic E-state index is 12.2. The quantitative estimate of drug-likeness (QED) is 0.885. The van der Waals surface area contributed by atoms with Crippen molar-refractivity contribution in [1.82, 2.24) is 5.32 Å². The molecule has 1 amide bonds. The van der Waals surface area contributed by atoms with Crippen molar-refractivity contribution in [2.75, 3.05) is 6.26 Å². The molecule has 5 heteroatoms. The maximum atomic E-state index is 12.2. The molecule has 0 spiro atoms. The Bertz CT molecular complexity index is 753. The first kappa shape index (κ1) is 17.2. The van der Waals surface area contributed by atoms with Gasteiger partial charge in [0.1, 0.15) is 0 Å². The van der Waals surface area contributed by atoms with Gasteiger partial charge in [0.2, 0.25) is 0 Å². The van der Waals surface area contributed by atoms with Gasteiger partial charge in [-0.1, -0.05) is 30.3 Å². The van der Waals surface area contributed by atoms with Crippen LogP contribution in [0.4, 0.5) is 0 Å². The predicted molar refractivity (Wildman–Crippen MR) is 91.2 cm³/mol. The zero-order valence-electron chi connectivity index (χ0n) is 13.3. The van der Waals surface area contributed by atoms with E-state index in [1.54, 1.807) is 0 Å². The molecule has 2 rings (SSSR count). The summed E-state index contributed by atoms with van der Waals surface area (Å²) >= 11 is 0. The first-order valence-corrected chi connectivity index (χ1v) is 9.40. The van der Waals surface area contributed by atoms with Gasteiger partial charge in [-0.25, -0.2) is 8.42 Å². The van der Waals surface area contributed by atoms with Crippen molar-refractivity contribution in [3.8, 4) is 0 Å². The lowest BCUT2D eigenvalue weighted by Crippen LogP contribution is -2.32. The van der Waals surface area contributed by atoms with E-state index in [0.717, 1.165) is 19.1 Å². The Morgan fingerprint density at radius 2 is 1.65 bits per heavy atom. The van der Waals surface area contributed by atoms with Crippen LogP contribution in [0, 0.1) is 0 Å². The van der Waals surface area contributed by atoms with Crippen LogP contribution in [0.3, 0.4) is 0 Å². The number of nitrogens with one attached hydrogen (secondary N) is 1. The summed E-state index contributed by atoms with van der Waals surface area (Å²) in [6, 6.07) is 16.1. The molecule has 0 bridgehead atoms. The Hall–Kier alpha value is -2.14. The molecule has 1 atom stereocenters. The standard InChI is InChI=1S/C18H21NO3S/c1-14(8-9-15-6-4-3-5-7-15)19-18(20)16-10-12-17(13-11-16)23(2,21)22/h3-7,10-14H,8-9H2,1-2H3,(H,19,20). The largest absolute Gasteiger partial charge is 0.350 e. The second kappa shape index (κ2) is 7.42. The molecule has 0 aliphatic heterocycles. The first-order valence-electron chi connectivity index (χ1n) is 7.51. The van der Waals surface area contributed by atoms with Gasteiger partial charge in [-0.3, -0.25) is 4.79 Å². The average Bonchev–Trinajstić information content (AvgIpc) is 2.53. The third-order valence-corrected chi connectivity index (χ3v) is 4.76. The van der Waals surface area contributed by atoms with E-state index < -0.39 is 9.84 Å². The molecule has 0 aliphatic carbocycles. The highest BCUT2D eigenvalue weighted by Gasteiger charge is 2.12. The van der Waals surface area contributed by atoms with Crippen LogP contribution in [0.2, 0.25) is 0 Å². The van der Waals surface area contributed by atoms with Crippen LogP contribution in [0.15, 0.2) is 59.5 Å². The number of hydrogen-bond donors (Lipinski definition) is 1. The molecule has 0 aromatic heterocycles. The smallest absolute Gasteiger partial charge is 0.251 e. The highest BCUT2D eigenvalue weighted by atomic mass is 32.2. The molecule has 122 valence electrons. The number of aryl methyl sites for hydroxylation is 1. The third-order valence-electron chi connectivity index (χ3n) is 3.63. The summed E-state index contributed by atoms with van der Waals surface area (Å²) in [5.41, 5.74) is 1.70. The predicted octanol–water partition coefficient (Wildman–Crippen LogP) is 2.84. The molecule has 0 saturated heterocycles. The van der Waals surface area contributed by atoms with Crippen LogP contribution < -0.4 is 5.32 Å². The van der Waals surface area contributed by atoms with E-state index in [9.17, 15) is 13.2 Å². The molecule has 23 heavy (non-hydrogen) atoms. The number of amides is 1. The van der Waals surface area contributed by atoms with E-state index in [1.165, 1.54) is 29.8 Å². The van der Waals surface area contributed by atoms with Crippen LogP contribution in [-0.2, 0) is 16.3 Å². The van der Waals surface area contributed by atoms with E-state index >= 15 is 0 Å². The zero-order chi connectivity index (χ0) is 16.9. The molecule has 0 radical (unpaired) electrons. The summed E-state index contributed by atoms with van der Waals surface area (Å²) in [6.45, 7) is 1.96. The minimum atomic E-state index is -3.24. The van der Waals surface area contributed by atoms with E-state index in [-0.39, 0.29) is 16.8 Å². The van der Waals surface area contributed by atoms with Crippen molar-refractivity contribution in [2.24, 2.45) is 0 Å². The lowest BCUT2D eigenvalue weighted by molar-refractivity contribution is 0.0938. The third kappa shape index (κ3) is 5.21. The summed E-state index contributed by atoms with van der Waals surface area (Å²) in [5, 5.41) is 2.94. The Balaban J connectivity index is 1.91. The topological polar surface area (TPSA) is 63.2 Å². The zero-order valence-corrected chi connectivity index (χ0v) is 14.1. The lowest BCUT2D eigenvalue weighted by atomic mass is 10.1. The molecular formula is C18H21NO3S. The summed E-state index contributed by atoms with van der Waals surface area (Å²) in [6.07, 6.45) is 2.89. The summed E-state index contributed by atoms with van der Waals surface area (Å²) in [7, 11) is -3.24. The minimum Gasteiger partial charge on any atom is -0.350 e. The fraction of sp³-hybridized carbons (Fsp3) is 0.278. The van der Waals surface area contributed by atoms with Crippen molar-refractivity contribution in [2.45, 2.75) is 30.7 Å². The Morgan fingerprint density at radius 1 is 1.04 bits per heavy atom. The van der Waals surface area contributed by atoms with Gasteiger partial charge in [0.05, 0.1) is 4.90 Å². The SMILES string of the molecule is CC(CCc1ccccc1)NC(=O)c1ccc(S(C)(=O)=O)cc1. The maximum Gasteiger partial charge on any atom is 0.251 e. The van der Waals surface area contributed by atoms with Gasteiger partial charge in [0, 0.05) is 17.9 Å². The van der Waals surface area contributed by atoms with Gasteiger partial charge in [-0.2, -0.15) is 0 Å². The molecule has 1 N–H and O–H groups in total. The number of carbonyl (C=O) groups excluding carboxylic acids is 1. The van der Waals surface area contributed by atoms with Gasteiger partial charge in [-0.05, 0) is 49.6 Å². The minimum absolute atomic E-state index is 0.0392. The van der Waals surface area contributed by atoms with Crippen LogP contribution in [0.25, 0.3) is 0 Å². The normalized spacial score (nSPS) is 12.6. The van der Waals surface area contributed by atoms with Gasteiger partial charge >= 0.3 is 0 Å². The monoisotopic (exact) mass is 331 g/mol. The Labute approximate surface area is 137 Å². The molecule has 0 saturated carbocycles.